The van der Waals surface area contributed by atoms with Crippen molar-refractivity contribution in [2.24, 2.45) is 0 Å². The van der Waals surface area contributed by atoms with E-state index >= 15 is 0 Å². The van der Waals surface area contributed by atoms with Gasteiger partial charge in [-0.15, -0.1) is 0 Å². The van der Waals surface area contributed by atoms with Gasteiger partial charge in [0.2, 0.25) is 11.6 Å². The van der Waals surface area contributed by atoms with Gasteiger partial charge in [0.25, 0.3) is 0 Å². The van der Waals surface area contributed by atoms with Gasteiger partial charge in [-0.25, -0.2) is 0 Å². The summed E-state index contributed by atoms with van der Waals surface area (Å²) in [6.07, 6.45) is 2.09. The number of ketones is 2. The van der Waals surface area contributed by atoms with E-state index in [2.05, 4.69) is 5.32 Å². The molecular weight excluding hydrogens is 312 g/mol. The van der Waals surface area contributed by atoms with E-state index < -0.39 is 0 Å². The Bertz CT molecular complexity index is 892. The van der Waals surface area contributed by atoms with Crippen LogP contribution in [-0.2, 0) is 0 Å². The molecule has 4 rings (SSSR count). The highest BCUT2D eigenvalue weighted by molar-refractivity contribution is 6.27. The third-order valence-electron chi connectivity index (χ3n) is 4.80. The SMILES string of the molecule is Cc1cccc(NC2=C(N3CCCC3)C(=O)c3ccccc3C2=O)c1. The van der Waals surface area contributed by atoms with Crippen molar-refractivity contribution < 1.29 is 9.59 Å². The van der Waals surface area contributed by atoms with Crippen molar-refractivity contribution in [2.45, 2.75) is 19.8 Å². The highest BCUT2D eigenvalue weighted by Crippen LogP contribution is 2.31. The Labute approximate surface area is 147 Å². The van der Waals surface area contributed by atoms with Crippen molar-refractivity contribution in [3.8, 4) is 0 Å². The molecule has 0 radical (unpaired) electrons. The number of anilines is 1. The smallest absolute Gasteiger partial charge is 0.212 e. The van der Waals surface area contributed by atoms with Crippen molar-refractivity contribution in [3.05, 3.63) is 76.6 Å². The lowest BCUT2D eigenvalue weighted by atomic mass is 9.89. The molecule has 2 aliphatic rings. The topological polar surface area (TPSA) is 49.4 Å². The van der Waals surface area contributed by atoms with Gasteiger partial charge in [0.1, 0.15) is 11.4 Å². The number of aryl methyl sites for hydroxylation is 1. The second-order valence-corrected chi connectivity index (χ2v) is 6.62. The summed E-state index contributed by atoms with van der Waals surface area (Å²) in [6, 6.07) is 14.9. The minimum Gasteiger partial charge on any atom is -0.367 e. The molecular formula is C21H20N2O2. The molecule has 0 amide bonds. The highest BCUT2D eigenvalue weighted by Gasteiger charge is 2.35. The first kappa shape index (κ1) is 15.6. The molecule has 1 aliphatic heterocycles. The van der Waals surface area contributed by atoms with Gasteiger partial charge >= 0.3 is 0 Å². The van der Waals surface area contributed by atoms with E-state index in [1.54, 1.807) is 18.2 Å². The number of benzene rings is 2. The fourth-order valence-electron chi connectivity index (χ4n) is 3.59. The number of allylic oxidation sites excluding steroid dienone is 2. The fourth-order valence-corrected chi connectivity index (χ4v) is 3.59. The summed E-state index contributed by atoms with van der Waals surface area (Å²) in [5, 5.41) is 3.24. The van der Waals surface area contributed by atoms with Crippen LogP contribution >= 0.6 is 0 Å². The quantitative estimate of drug-likeness (QED) is 0.929. The maximum absolute atomic E-state index is 13.1. The lowest BCUT2D eigenvalue weighted by Crippen LogP contribution is -2.35. The number of nitrogens with one attached hydrogen (secondary N) is 1. The van der Waals surface area contributed by atoms with E-state index in [9.17, 15) is 9.59 Å². The molecule has 1 heterocycles. The highest BCUT2D eigenvalue weighted by atomic mass is 16.1. The van der Waals surface area contributed by atoms with Gasteiger partial charge in [-0.2, -0.15) is 0 Å². The van der Waals surface area contributed by atoms with E-state index in [1.165, 1.54) is 0 Å². The van der Waals surface area contributed by atoms with Crippen LogP contribution in [0, 0.1) is 6.92 Å². The molecule has 4 heteroatoms. The normalized spacial score (nSPS) is 17.1. The summed E-state index contributed by atoms with van der Waals surface area (Å²) in [5.41, 5.74) is 3.82. The molecule has 0 spiro atoms. The summed E-state index contributed by atoms with van der Waals surface area (Å²) < 4.78 is 0. The molecule has 1 saturated heterocycles. The number of fused-ring (bicyclic) bond motifs is 1. The number of carbonyl (C=O) groups is 2. The number of Topliss-reactive ketones (excluding diaryl/α,β-unsaturated/α-hetero) is 2. The van der Waals surface area contributed by atoms with Crippen LogP contribution in [0.2, 0.25) is 0 Å². The molecule has 2 aromatic rings. The van der Waals surface area contributed by atoms with Gasteiger partial charge in [-0.05, 0) is 37.5 Å². The molecule has 0 aromatic heterocycles. The van der Waals surface area contributed by atoms with E-state index in [4.69, 9.17) is 0 Å². The number of hydrogen-bond donors (Lipinski definition) is 1. The Kier molecular flexibility index (Phi) is 3.88. The van der Waals surface area contributed by atoms with Crippen LogP contribution in [0.5, 0.6) is 0 Å². The Morgan fingerprint density at radius 3 is 2.24 bits per heavy atom. The summed E-state index contributed by atoms with van der Waals surface area (Å²) in [7, 11) is 0. The van der Waals surface area contributed by atoms with Crippen LogP contribution in [0.4, 0.5) is 5.69 Å². The second kappa shape index (κ2) is 6.20. The first-order chi connectivity index (χ1) is 12.1. The summed E-state index contributed by atoms with van der Waals surface area (Å²) >= 11 is 0. The van der Waals surface area contributed by atoms with Gasteiger partial charge in [-0.3, -0.25) is 9.59 Å². The molecule has 4 nitrogen and oxygen atoms in total. The molecule has 1 N–H and O–H groups in total. The van der Waals surface area contributed by atoms with Crippen LogP contribution in [0.3, 0.4) is 0 Å². The zero-order valence-electron chi connectivity index (χ0n) is 14.2. The third kappa shape index (κ3) is 2.74. The Morgan fingerprint density at radius 2 is 1.56 bits per heavy atom. The number of carbonyl (C=O) groups excluding carboxylic acids is 2. The average molecular weight is 332 g/mol. The van der Waals surface area contributed by atoms with Crippen molar-refractivity contribution >= 4 is 17.3 Å². The minimum atomic E-state index is -0.112. The van der Waals surface area contributed by atoms with Crippen molar-refractivity contribution in [1.82, 2.24) is 4.90 Å². The van der Waals surface area contributed by atoms with E-state index in [0.29, 0.717) is 22.5 Å². The molecule has 0 unspecified atom stereocenters. The van der Waals surface area contributed by atoms with E-state index in [-0.39, 0.29) is 11.6 Å². The lowest BCUT2D eigenvalue weighted by Gasteiger charge is -2.28. The summed E-state index contributed by atoms with van der Waals surface area (Å²) in [5.74, 6) is -0.175. The van der Waals surface area contributed by atoms with Crippen LogP contribution in [-0.4, -0.2) is 29.6 Å². The van der Waals surface area contributed by atoms with Crippen molar-refractivity contribution in [2.75, 3.05) is 18.4 Å². The molecule has 1 fully saturated rings. The van der Waals surface area contributed by atoms with Crippen LogP contribution in [0.1, 0.15) is 39.1 Å². The van der Waals surface area contributed by atoms with Gasteiger partial charge < -0.3 is 10.2 Å². The standard InChI is InChI=1S/C21H20N2O2/c1-14-7-6-8-15(13-14)22-18-19(23-11-4-5-12-23)21(25)17-10-3-2-9-16(17)20(18)24/h2-3,6-10,13,22H,4-5,11-12H2,1H3. The van der Waals surface area contributed by atoms with Crippen molar-refractivity contribution in [3.63, 3.8) is 0 Å². The number of rotatable bonds is 3. The first-order valence-corrected chi connectivity index (χ1v) is 8.66. The fraction of sp³-hybridized carbons (Fsp3) is 0.238. The van der Waals surface area contributed by atoms with Crippen LogP contribution in [0.25, 0.3) is 0 Å². The van der Waals surface area contributed by atoms with Gasteiger partial charge in [0, 0.05) is 29.9 Å². The first-order valence-electron chi connectivity index (χ1n) is 8.66. The monoisotopic (exact) mass is 332 g/mol. The maximum Gasteiger partial charge on any atom is 0.212 e. The summed E-state index contributed by atoms with van der Waals surface area (Å²) in [4.78, 5) is 28.3. The lowest BCUT2D eigenvalue weighted by molar-refractivity contribution is 0.0948. The molecule has 2 aromatic carbocycles. The largest absolute Gasteiger partial charge is 0.367 e. The zero-order valence-corrected chi connectivity index (χ0v) is 14.2. The zero-order chi connectivity index (χ0) is 17.4. The van der Waals surface area contributed by atoms with Gasteiger partial charge in [0.05, 0.1) is 0 Å². The number of likely N-dealkylation sites (tertiary alicyclic amines) is 1. The third-order valence-corrected chi connectivity index (χ3v) is 4.80. The number of hydrogen-bond acceptors (Lipinski definition) is 4. The van der Waals surface area contributed by atoms with Gasteiger partial charge in [-0.1, -0.05) is 36.4 Å². The van der Waals surface area contributed by atoms with E-state index in [1.807, 2.05) is 42.2 Å². The van der Waals surface area contributed by atoms with Gasteiger partial charge in [0.15, 0.2) is 0 Å². The van der Waals surface area contributed by atoms with Crippen LogP contribution < -0.4 is 5.32 Å². The molecule has 0 saturated carbocycles. The predicted molar refractivity (Wildman–Crippen MR) is 97.7 cm³/mol. The van der Waals surface area contributed by atoms with Crippen LogP contribution in [0.15, 0.2) is 59.9 Å². The Morgan fingerprint density at radius 1 is 0.880 bits per heavy atom. The molecule has 0 atom stereocenters. The minimum absolute atomic E-state index is 0.0627. The van der Waals surface area contributed by atoms with Crippen molar-refractivity contribution in [1.29, 1.82) is 0 Å². The molecule has 126 valence electrons. The predicted octanol–water partition coefficient (Wildman–Crippen LogP) is 3.79. The maximum atomic E-state index is 13.1. The average Bonchev–Trinajstić information content (AvgIpc) is 3.14. The summed E-state index contributed by atoms with van der Waals surface area (Å²) in [6.45, 7) is 3.63. The molecule has 25 heavy (non-hydrogen) atoms. The second-order valence-electron chi connectivity index (χ2n) is 6.62. The van der Waals surface area contributed by atoms with E-state index in [0.717, 1.165) is 37.2 Å². The number of nitrogens with zero attached hydrogens (tertiary/aromatic N) is 1. The Hall–Kier alpha value is -2.88. The molecule has 1 aliphatic carbocycles. The Balaban J connectivity index is 1.84. The molecule has 0 bridgehead atoms.